The third-order valence-corrected chi connectivity index (χ3v) is 4.84. The largest absolute Gasteiger partial charge is 0.493 e. The van der Waals surface area contributed by atoms with Crippen LogP contribution in [-0.4, -0.2) is 44.7 Å². The Morgan fingerprint density at radius 3 is 2.73 bits per heavy atom. The minimum absolute atomic E-state index is 0.0184. The Hall–Kier alpha value is -2.24. The molecule has 1 saturated heterocycles. The number of nitrogens with one attached hydrogen (secondary N) is 1. The van der Waals surface area contributed by atoms with Crippen LogP contribution >= 0.6 is 11.6 Å². The Labute approximate surface area is 158 Å². The van der Waals surface area contributed by atoms with E-state index in [4.69, 9.17) is 21.1 Å². The van der Waals surface area contributed by atoms with Crippen molar-refractivity contribution in [2.24, 2.45) is 0 Å². The molecule has 6 heteroatoms. The van der Waals surface area contributed by atoms with Gasteiger partial charge in [0.15, 0.2) is 11.5 Å². The fourth-order valence-electron chi connectivity index (χ4n) is 3.28. The molecule has 0 aliphatic carbocycles. The molecule has 0 aromatic heterocycles. The summed E-state index contributed by atoms with van der Waals surface area (Å²) in [5.41, 5.74) is 1.95. The van der Waals surface area contributed by atoms with Crippen molar-refractivity contribution < 1.29 is 14.3 Å². The van der Waals surface area contributed by atoms with Crippen LogP contribution in [0.3, 0.4) is 0 Å². The lowest BCUT2D eigenvalue weighted by Crippen LogP contribution is -2.49. The van der Waals surface area contributed by atoms with Gasteiger partial charge in [-0.2, -0.15) is 0 Å². The molecule has 0 bridgehead atoms. The molecule has 26 heavy (non-hydrogen) atoms. The van der Waals surface area contributed by atoms with E-state index in [0.717, 1.165) is 24.2 Å². The van der Waals surface area contributed by atoms with E-state index in [1.165, 1.54) is 0 Å². The minimum Gasteiger partial charge on any atom is -0.493 e. The van der Waals surface area contributed by atoms with E-state index in [9.17, 15) is 4.79 Å². The van der Waals surface area contributed by atoms with E-state index in [0.29, 0.717) is 29.5 Å². The van der Waals surface area contributed by atoms with Crippen LogP contribution < -0.4 is 14.8 Å². The third-order valence-electron chi connectivity index (χ3n) is 4.60. The van der Waals surface area contributed by atoms with Crippen LogP contribution in [0.5, 0.6) is 11.5 Å². The van der Waals surface area contributed by atoms with E-state index >= 15 is 0 Å². The van der Waals surface area contributed by atoms with Gasteiger partial charge in [-0.1, -0.05) is 29.8 Å². The van der Waals surface area contributed by atoms with Gasteiger partial charge in [0.25, 0.3) is 0 Å². The summed E-state index contributed by atoms with van der Waals surface area (Å²) in [6.45, 7) is 2.18. The van der Waals surface area contributed by atoms with Crippen LogP contribution in [0, 0.1) is 0 Å². The lowest BCUT2D eigenvalue weighted by atomic mass is 10.0. The second kappa shape index (κ2) is 8.43. The van der Waals surface area contributed by atoms with Crippen LogP contribution in [0.15, 0.2) is 42.5 Å². The lowest BCUT2D eigenvalue weighted by molar-refractivity contribution is -0.133. The standard InChI is InChI=1S/C20H23ClN2O3/c1-25-18-7-6-14(10-19(18)26-2)11-20(24)23-9-8-22-13-17(23)15-4-3-5-16(21)12-15/h3-7,10,12,17,22H,8-9,11,13H2,1-2H3. The molecule has 5 nitrogen and oxygen atoms in total. The molecule has 1 aliphatic rings. The summed E-state index contributed by atoms with van der Waals surface area (Å²) < 4.78 is 10.6. The average molecular weight is 375 g/mol. The van der Waals surface area contributed by atoms with Gasteiger partial charge in [-0.25, -0.2) is 0 Å². The SMILES string of the molecule is COc1ccc(CC(=O)N2CCNCC2c2cccc(Cl)c2)cc1OC. The molecule has 1 aliphatic heterocycles. The summed E-state index contributed by atoms with van der Waals surface area (Å²) in [5, 5.41) is 4.04. The molecule has 1 N–H and O–H groups in total. The van der Waals surface area contributed by atoms with Crippen LogP contribution in [-0.2, 0) is 11.2 Å². The highest BCUT2D eigenvalue weighted by atomic mass is 35.5. The minimum atomic E-state index is -0.0184. The molecule has 0 radical (unpaired) electrons. The molecule has 138 valence electrons. The van der Waals surface area contributed by atoms with Crippen molar-refractivity contribution in [3.8, 4) is 11.5 Å². The summed E-state index contributed by atoms with van der Waals surface area (Å²) >= 11 is 6.13. The lowest BCUT2D eigenvalue weighted by Gasteiger charge is -2.36. The van der Waals surface area contributed by atoms with Gasteiger partial charge in [-0.05, 0) is 35.4 Å². The Bertz CT molecular complexity index is 781. The van der Waals surface area contributed by atoms with Crippen LogP contribution in [0.4, 0.5) is 0 Å². The molecular formula is C20H23ClN2O3. The highest BCUT2D eigenvalue weighted by Crippen LogP contribution is 2.29. The van der Waals surface area contributed by atoms with Gasteiger partial charge in [-0.15, -0.1) is 0 Å². The number of nitrogens with zero attached hydrogens (tertiary/aromatic N) is 1. The maximum Gasteiger partial charge on any atom is 0.227 e. The number of amides is 1. The van der Waals surface area contributed by atoms with Gasteiger partial charge < -0.3 is 19.7 Å². The molecule has 1 fully saturated rings. The first-order valence-corrected chi connectivity index (χ1v) is 8.96. The van der Waals surface area contributed by atoms with Crippen molar-refractivity contribution >= 4 is 17.5 Å². The van der Waals surface area contributed by atoms with E-state index in [1.807, 2.05) is 47.4 Å². The molecule has 2 aromatic rings. The summed E-state index contributed by atoms with van der Waals surface area (Å²) in [6, 6.07) is 13.3. The van der Waals surface area contributed by atoms with Gasteiger partial charge in [0.05, 0.1) is 26.7 Å². The van der Waals surface area contributed by atoms with Crippen LogP contribution in [0.2, 0.25) is 5.02 Å². The highest BCUT2D eigenvalue weighted by molar-refractivity contribution is 6.30. The number of hydrogen-bond donors (Lipinski definition) is 1. The molecule has 2 aromatic carbocycles. The van der Waals surface area contributed by atoms with Gasteiger partial charge in [-0.3, -0.25) is 4.79 Å². The number of carbonyl (C=O) groups is 1. The molecule has 0 spiro atoms. The van der Waals surface area contributed by atoms with Crippen molar-refractivity contribution in [2.45, 2.75) is 12.5 Å². The third kappa shape index (κ3) is 4.11. The molecule has 1 heterocycles. The number of carbonyl (C=O) groups excluding carboxylic acids is 1. The van der Waals surface area contributed by atoms with E-state index in [2.05, 4.69) is 5.32 Å². The normalized spacial score (nSPS) is 17.0. The first-order chi connectivity index (χ1) is 12.6. The maximum absolute atomic E-state index is 13.0. The Kier molecular flexibility index (Phi) is 6.01. The molecular weight excluding hydrogens is 352 g/mol. The fraction of sp³-hybridized carbons (Fsp3) is 0.350. The smallest absolute Gasteiger partial charge is 0.227 e. The molecule has 1 amide bonds. The highest BCUT2D eigenvalue weighted by Gasteiger charge is 2.28. The van der Waals surface area contributed by atoms with Gasteiger partial charge in [0, 0.05) is 24.7 Å². The zero-order chi connectivity index (χ0) is 18.5. The quantitative estimate of drug-likeness (QED) is 0.873. The second-order valence-electron chi connectivity index (χ2n) is 6.23. The number of ether oxygens (including phenoxy) is 2. The number of piperazine rings is 1. The van der Waals surface area contributed by atoms with Gasteiger partial charge in [0.2, 0.25) is 5.91 Å². The van der Waals surface area contributed by atoms with Crippen molar-refractivity contribution in [3.63, 3.8) is 0 Å². The zero-order valence-electron chi connectivity index (χ0n) is 15.0. The van der Waals surface area contributed by atoms with Gasteiger partial charge >= 0.3 is 0 Å². The topological polar surface area (TPSA) is 50.8 Å². The summed E-state index contributed by atoms with van der Waals surface area (Å²) in [6.07, 6.45) is 0.317. The number of methoxy groups -OCH3 is 2. The molecule has 1 atom stereocenters. The van der Waals surface area contributed by atoms with Crippen molar-refractivity contribution in [1.29, 1.82) is 0 Å². The predicted molar refractivity (Wildman–Crippen MR) is 102 cm³/mol. The summed E-state index contributed by atoms with van der Waals surface area (Å²) in [7, 11) is 3.19. The average Bonchev–Trinajstić information content (AvgIpc) is 2.67. The molecule has 1 unspecified atom stereocenters. The number of benzene rings is 2. The zero-order valence-corrected chi connectivity index (χ0v) is 15.8. The number of rotatable bonds is 5. The monoisotopic (exact) mass is 374 g/mol. The summed E-state index contributed by atoms with van der Waals surface area (Å²) in [4.78, 5) is 14.9. The number of halogens is 1. The first kappa shape index (κ1) is 18.5. The fourth-order valence-corrected chi connectivity index (χ4v) is 3.48. The van der Waals surface area contributed by atoms with Crippen LogP contribution in [0.25, 0.3) is 0 Å². The Morgan fingerprint density at radius 2 is 2.00 bits per heavy atom. The predicted octanol–water partition coefficient (Wildman–Crippen LogP) is 3.07. The van der Waals surface area contributed by atoms with Crippen LogP contribution in [0.1, 0.15) is 17.2 Å². The van der Waals surface area contributed by atoms with Crippen molar-refractivity contribution in [3.05, 3.63) is 58.6 Å². The van der Waals surface area contributed by atoms with E-state index in [-0.39, 0.29) is 11.9 Å². The van der Waals surface area contributed by atoms with Gasteiger partial charge in [0.1, 0.15) is 0 Å². The number of hydrogen-bond acceptors (Lipinski definition) is 4. The van der Waals surface area contributed by atoms with E-state index in [1.54, 1.807) is 14.2 Å². The van der Waals surface area contributed by atoms with Crippen molar-refractivity contribution in [1.82, 2.24) is 10.2 Å². The van der Waals surface area contributed by atoms with Crippen molar-refractivity contribution in [2.75, 3.05) is 33.9 Å². The van der Waals surface area contributed by atoms with E-state index < -0.39 is 0 Å². The first-order valence-electron chi connectivity index (χ1n) is 8.59. The summed E-state index contributed by atoms with van der Waals surface area (Å²) in [5.74, 6) is 1.37. The molecule has 0 saturated carbocycles. The maximum atomic E-state index is 13.0. The molecule has 3 rings (SSSR count). The second-order valence-corrected chi connectivity index (χ2v) is 6.66. The Morgan fingerprint density at radius 1 is 1.19 bits per heavy atom. The Balaban J connectivity index is 1.79.